The number of aryl methyl sites for hydroxylation is 1. The zero-order chi connectivity index (χ0) is 68.7. The first kappa shape index (κ1) is 69.2. The lowest BCUT2D eigenvalue weighted by molar-refractivity contribution is -0.163. The van der Waals surface area contributed by atoms with Gasteiger partial charge in [-0.25, -0.2) is 39.7 Å². The van der Waals surface area contributed by atoms with Gasteiger partial charge in [-0.15, -0.1) is 68.0 Å². The van der Waals surface area contributed by atoms with Gasteiger partial charge in [0.1, 0.15) is 88.9 Å². The van der Waals surface area contributed by atoms with Crippen LogP contribution < -0.4 is 26.5 Å². The fourth-order valence-corrected chi connectivity index (χ4v) is 17.2. The highest BCUT2D eigenvalue weighted by atomic mass is 32.1. The van der Waals surface area contributed by atoms with Crippen LogP contribution in [-0.2, 0) is 30.3 Å². The number of rotatable bonds is 13. The minimum absolute atomic E-state index is 0.0136. The number of ketones is 1. The van der Waals surface area contributed by atoms with Crippen molar-refractivity contribution < 1.29 is 52.6 Å². The molecule has 9 aromatic rings. The molecule has 2 aliphatic heterocycles. The third-order valence-corrected chi connectivity index (χ3v) is 26.6. The average Bonchev–Trinajstić information content (AvgIpc) is 1.61. The number of benzene rings is 2. The number of pyridine rings is 1. The van der Waals surface area contributed by atoms with Crippen molar-refractivity contribution >= 4 is 118 Å². The molecular weight excluding hydrogens is 1360 g/mol. The molecule has 10 bridgehead atoms. The maximum absolute atomic E-state index is 15.6. The molecule has 5 amide bonds. The predicted octanol–water partition coefficient (Wildman–Crippen LogP) is 11.3. The van der Waals surface area contributed by atoms with Crippen molar-refractivity contribution in [1.82, 2.24) is 50.4 Å². The largest absolute Gasteiger partial charge is 0.544 e. The third kappa shape index (κ3) is 15.5. The summed E-state index contributed by atoms with van der Waals surface area (Å²) in [6, 6.07) is 16.7. The number of Topliss-reactive ketones (excluding diaryl/α,β-unsaturated/α-hetero) is 1. The lowest BCUT2D eigenvalue weighted by Crippen LogP contribution is -2.50. The topological polar surface area (TPSA) is 337 Å². The highest BCUT2D eigenvalue weighted by molar-refractivity contribution is 7.15. The van der Waals surface area contributed by atoms with Crippen LogP contribution in [0.25, 0.3) is 43.4 Å². The van der Waals surface area contributed by atoms with E-state index in [-0.39, 0.29) is 57.2 Å². The van der Waals surface area contributed by atoms with Gasteiger partial charge in [-0.1, -0.05) is 70.2 Å². The number of fused-ring (bicyclic) bond motifs is 16. The van der Waals surface area contributed by atoms with Crippen LogP contribution in [0.5, 0.6) is 5.75 Å². The number of hydrogen-bond donors (Lipinski definition) is 5. The molecular formula is C66H70N12O11S6Si. The Bertz CT molecular complexity index is 4410. The highest BCUT2D eigenvalue weighted by Crippen LogP contribution is 2.45. The van der Waals surface area contributed by atoms with Crippen LogP contribution in [0.4, 0.5) is 0 Å². The first-order valence-electron chi connectivity index (χ1n) is 30.6. The number of nitrogens with one attached hydrogen (secondary N) is 2. The van der Waals surface area contributed by atoms with Crippen molar-refractivity contribution in [3.05, 3.63) is 147 Å². The van der Waals surface area contributed by atoms with Crippen molar-refractivity contribution in [3.63, 3.8) is 0 Å². The third-order valence-electron chi connectivity index (χ3n) is 16.7. The summed E-state index contributed by atoms with van der Waals surface area (Å²) in [5, 5.41) is 28.0. The summed E-state index contributed by atoms with van der Waals surface area (Å²) in [6.45, 7) is 18.9. The molecule has 7 aromatic heterocycles. The van der Waals surface area contributed by atoms with Gasteiger partial charge in [-0.05, 0) is 81.2 Å². The van der Waals surface area contributed by atoms with Gasteiger partial charge in [0.25, 0.3) is 17.7 Å². The molecule has 500 valence electrons. The van der Waals surface area contributed by atoms with E-state index in [2.05, 4.69) is 49.5 Å². The Balaban J connectivity index is 1.03. The van der Waals surface area contributed by atoms with Gasteiger partial charge < -0.3 is 46.0 Å². The summed E-state index contributed by atoms with van der Waals surface area (Å²) in [7, 11) is -2.25. The minimum Gasteiger partial charge on any atom is -0.544 e. The van der Waals surface area contributed by atoms with E-state index in [1.807, 2.05) is 36.6 Å². The van der Waals surface area contributed by atoms with E-state index in [1.165, 1.54) is 44.8 Å². The monoisotopic (exact) mass is 1430 g/mol. The van der Waals surface area contributed by atoms with Gasteiger partial charge in [-0.3, -0.25) is 28.8 Å². The zero-order valence-electron chi connectivity index (χ0n) is 54.0. The van der Waals surface area contributed by atoms with Crippen LogP contribution in [0.3, 0.4) is 0 Å². The van der Waals surface area contributed by atoms with Gasteiger partial charge in [-0.2, -0.15) is 0 Å². The average molecular weight is 1430 g/mol. The number of carbonyl (C=O) groups is 7. The second-order valence-electron chi connectivity index (χ2n) is 25.9. The van der Waals surface area contributed by atoms with Gasteiger partial charge in [0.05, 0.1) is 41.4 Å². The number of aliphatic hydroxyl groups excluding tert-OH is 1. The molecule has 0 radical (unpaired) electrons. The molecule has 0 spiro atoms. The molecule has 7 atom stereocenters. The number of ether oxygens (including phenoxy) is 2. The van der Waals surface area contributed by atoms with Crippen LogP contribution in [0.1, 0.15) is 158 Å². The van der Waals surface area contributed by atoms with E-state index in [9.17, 15) is 24.3 Å². The number of primary amides is 2. The van der Waals surface area contributed by atoms with Crippen LogP contribution in [0, 0.1) is 12.8 Å². The Morgan fingerprint density at radius 3 is 2.01 bits per heavy atom. The summed E-state index contributed by atoms with van der Waals surface area (Å²) in [5.41, 5.74) is 13.9. The number of nitrogens with zero attached hydrogens (tertiary/aromatic N) is 8. The molecule has 9 heterocycles. The SMILES string of the molecule is Cc1sc2nc1C(=O)C[C@@H]([C@H](OCC(=O)OC(C)(C)C)c1ccccc1)c1nc(cs1)C(=O)N[C@@H](Cc1ccc(O[Si](C)(C)C(C)(C)C)cc1)C(=O)N1C[C@H](O)[C@H](C)[C@H]1c1nc(cs1)-c1nc(cs1)-c1nc(-c3nc(C(N)=O)cs3)ccc1-c1nc(cs1)C(=O)N[C@H]2CC(N)=O. The first-order chi connectivity index (χ1) is 45.5. The summed E-state index contributed by atoms with van der Waals surface area (Å²) < 4.78 is 18.8. The maximum Gasteiger partial charge on any atom is 0.332 e. The van der Waals surface area contributed by atoms with Gasteiger partial charge in [0.15, 0.2) is 5.78 Å². The number of esters is 1. The molecule has 0 unspecified atom stereocenters. The number of hydrogen-bond acceptors (Lipinski definition) is 24. The molecule has 0 aliphatic carbocycles. The Morgan fingerprint density at radius 1 is 0.698 bits per heavy atom. The fourth-order valence-electron chi connectivity index (χ4n) is 10.8. The lowest BCUT2D eigenvalue weighted by Gasteiger charge is -2.36. The first-order valence-corrected chi connectivity index (χ1v) is 38.7. The van der Waals surface area contributed by atoms with E-state index in [0.717, 1.165) is 34.0 Å². The number of nitrogens with two attached hydrogens (primary N) is 2. The van der Waals surface area contributed by atoms with Gasteiger partial charge >= 0.3 is 5.97 Å². The standard InChI is InChI=1S/C66H70N12O11S6Si/c1-32-48(80)25-78-53(32)63-76-46(31-94-63)61-72-42(27-92-61)52-37(20-21-39(69-52)60-73-43(28-93-60)55(68)83)58-74-44(29-90-58)56(84)70-40(24-49(67)81)62-77-51(33(2)95-62)47(79)23-38(54(35-14-12-11-13-15-35)87-26-50(82)88-65(3,4)5)59-75-45(30-91-59)57(85)71-41(64(78)86)22-34-16-18-36(19-17-34)89-96(9,10)66(6,7)8/h11-21,27-32,38,40-41,48,53-54,80H,22-26H2,1-10H3,(H2,67,81)(H2,68,83)(H,70,84)(H,71,85)/t32-,38-,40-,41-,48-,53-,54+/m0/s1. The fraction of sp³-hybridized carbons (Fsp3) is 0.364. The smallest absolute Gasteiger partial charge is 0.332 e. The highest BCUT2D eigenvalue weighted by Gasteiger charge is 2.46. The summed E-state index contributed by atoms with van der Waals surface area (Å²) in [6.07, 6.45) is -2.76. The number of amides is 5. The quantitative estimate of drug-likeness (QED) is 0.0529. The van der Waals surface area contributed by atoms with Crippen LogP contribution >= 0.6 is 68.0 Å². The molecule has 1 fully saturated rings. The summed E-state index contributed by atoms with van der Waals surface area (Å²) in [5.74, 6) is -5.37. The maximum atomic E-state index is 15.6. The molecule has 2 aliphatic rings. The Morgan fingerprint density at radius 2 is 1.32 bits per heavy atom. The Labute approximate surface area is 578 Å². The van der Waals surface area contributed by atoms with E-state index in [1.54, 1.807) is 85.8 Å². The molecule has 30 heteroatoms. The number of aromatic nitrogens is 7. The normalized spacial score (nSPS) is 19.3. The van der Waals surface area contributed by atoms with E-state index in [0.29, 0.717) is 70.1 Å². The van der Waals surface area contributed by atoms with Gasteiger partial charge in [0, 0.05) is 68.6 Å². The van der Waals surface area contributed by atoms with Crippen LogP contribution in [0.2, 0.25) is 18.1 Å². The predicted molar refractivity (Wildman–Crippen MR) is 372 cm³/mol. The van der Waals surface area contributed by atoms with E-state index in [4.69, 9.17) is 55.3 Å². The number of thiazole rings is 6. The van der Waals surface area contributed by atoms with E-state index < -0.39 is 110 Å². The zero-order valence-corrected chi connectivity index (χ0v) is 59.9. The second kappa shape index (κ2) is 28.1. The van der Waals surface area contributed by atoms with Crippen molar-refractivity contribution in [2.75, 3.05) is 13.2 Å². The van der Waals surface area contributed by atoms with E-state index >= 15 is 14.4 Å². The lowest BCUT2D eigenvalue weighted by atomic mass is 9.90. The van der Waals surface area contributed by atoms with Gasteiger partial charge in [0.2, 0.25) is 20.1 Å². The van der Waals surface area contributed by atoms with Crippen LogP contribution in [-0.4, -0.2) is 125 Å². The van der Waals surface area contributed by atoms with Crippen molar-refractivity contribution in [3.8, 4) is 49.1 Å². The van der Waals surface area contributed by atoms with Crippen molar-refractivity contribution in [2.24, 2.45) is 17.4 Å². The number of carbonyl (C=O) groups excluding carboxylic acids is 7. The molecule has 1 saturated heterocycles. The molecule has 2 aromatic carbocycles. The summed E-state index contributed by atoms with van der Waals surface area (Å²) >= 11 is 7.07. The minimum atomic E-state index is -2.25. The molecule has 23 nitrogen and oxygen atoms in total. The summed E-state index contributed by atoms with van der Waals surface area (Å²) in [4.78, 5) is 135. The molecule has 96 heavy (non-hydrogen) atoms. The van der Waals surface area contributed by atoms with Crippen LogP contribution in [0.15, 0.2) is 93.6 Å². The second-order valence-corrected chi connectivity index (χ2v) is 36.2. The number of aliphatic hydroxyl groups is 1. The molecule has 7 N–H and O–H groups in total. The Kier molecular flexibility index (Phi) is 20.2. The molecule has 0 saturated carbocycles. The Hall–Kier alpha value is -8.20. The van der Waals surface area contributed by atoms with Crippen molar-refractivity contribution in [1.29, 1.82) is 0 Å². The molecule has 11 rings (SSSR count). The van der Waals surface area contributed by atoms with Crippen molar-refractivity contribution in [2.45, 2.75) is 135 Å².